The third kappa shape index (κ3) is 6.12. The highest BCUT2D eigenvalue weighted by molar-refractivity contribution is 5.95. The molecular formula is C19H22N2O3. The lowest BCUT2D eigenvalue weighted by molar-refractivity contribution is -0.121. The number of hydrogen-bond acceptors (Lipinski definition) is 3. The molecule has 0 saturated carbocycles. The Hall–Kier alpha value is -2.82. The van der Waals surface area contributed by atoms with Crippen molar-refractivity contribution >= 4 is 11.8 Å². The van der Waals surface area contributed by atoms with E-state index >= 15 is 0 Å². The number of aromatic hydroxyl groups is 1. The lowest BCUT2D eigenvalue weighted by Gasteiger charge is -2.07. The monoisotopic (exact) mass is 326 g/mol. The summed E-state index contributed by atoms with van der Waals surface area (Å²) in [5, 5.41) is 9.17. The molecule has 0 aliphatic rings. The number of unbranched alkanes of at least 4 members (excludes halogenated alkanes) is 2. The van der Waals surface area contributed by atoms with Crippen LogP contribution in [-0.4, -0.2) is 16.9 Å². The van der Waals surface area contributed by atoms with Crippen LogP contribution in [0.3, 0.4) is 0 Å². The maximum absolute atomic E-state index is 11.8. The minimum atomic E-state index is -0.410. The fourth-order valence-electron chi connectivity index (χ4n) is 2.31. The number of hydrogen-bond donors (Lipinski definition) is 3. The first-order chi connectivity index (χ1) is 11.6. The van der Waals surface area contributed by atoms with Gasteiger partial charge in [-0.05, 0) is 49.1 Å². The Balaban J connectivity index is 1.58. The fraction of sp³-hybridized carbons (Fsp3) is 0.263. The molecule has 5 heteroatoms. The van der Waals surface area contributed by atoms with Gasteiger partial charge < -0.3 is 5.11 Å². The van der Waals surface area contributed by atoms with E-state index in [0.29, 0.717) is 12.0 Å². The van der Waals surface area contributed by atoms with E-state index in [0.717, 1.165) is 25.7 Å². The summed E-state index contributed by atoms with van der Waals surface area (Å²) in [6.07, 6.45) is 4.18. The molecule has 0 heterocycles. The number of amides is 2. The van der Waals surface area contributed by atoms with Crippen molar-refractivity contribution in [1.82, 2.24) is 10.9 Å². The van der Waals surface area contributed by atoms with Crippen LogP contribution in [0.5, 0.6) is 5.75 Å². The quantitative estimate of drug-likeness (QED) is 0.541. The molecular weight excluding hydrogens is 304 g/mol. The first-order valence-corrected chi connectivity index (χ1v) is 8.07. The summed E-state index contributed by atoms with van der Waals surface area (Å²) in [7, 11) is 0. The molecule has 0 saturated heterocycles. The maximum atomic E-state index is 11.8. The molecule has 5 nitrogen and oxygen atoms in total. The van der Waals surface area contributed by atoms with Gasteiger partial charge in [0.25, 0.3) is 5.91 Å². The van der Waals surface area contributed by atoms with Gasteiger partial charge in [0.05, 0.1) is 0 Å². The summed E-state index contributed by atoms with van der Waals surface area (Å²) < 4.78 is 0. The molecule has 0 radical (unpaired) electrons. The van der Waals surface area contributed by atoms with Gasteiger partial charge >= 0.3 is 0 Å². The number of phenolic OH excluding ortho intramolecular Hbond substituents is 1. The van der Waals surface area contributed by atoms with E-state index in [2.05, 4.69) is 23.0 Å². The van der Waals surface area contributed by atoms with Crippen molar-refractivity contribution in [3.63, 3.8) is 0 Å². The van der Waals surface area contributed by atoms with Gasteiger partial charge in [0, 0.05) is 12.0 Å². The standard InChI is InChI=1S/C19H22N2O3/c22-17-13-11-16(12-14-17)19(24)21-20-18(23)10-6-2-5-9-15-7-3-1-4-8-15/h1,3-4,7-8,11-14,22H,2,5-6,9-10H2,(H,20,23)(H,21,24). The van der Waals surface area contributed by atoms with Crippen molar-refractivity contribution in [3.8, 4) is 5.75 Å². The number of benzene rings is 2. The largest absolute Gasteiger partial charge is 0.508 e. The minimum Gasteiger partial charge on any atom is -0.508 e. The molecule has 0 aliphatic heterocycles. The number of aryl methyl sites for hydroxylation is 1. The Kier molecular flexibility index (Phi) is 6.83. The fourth-order valence-corrected chi connectivity index (χ4v) is 2.31. The average Bonchev–Trinajstić information content (AvgIpc) is 2.61. The van der Waals surface area contributed by atoms with Crippen molar-refractivity contribution in [1.29, 1.82) is 0 Å². The van der Waals surface area contributed by atoms with E-state index in [1.807, 2.05) is 18.2 Å². The summed E-state index contributed by atoms with van der Waals surface area (Å²) in [5.74, 6) is -0.527. The molecule has 0 fully saturated rings. The molecule has 2 rings (SSSR count). The normalized spacial score (nSPS) is 10.2. The number of nitrogens with one attached hydrogen (secondary N) is 2. The maximum Gasteiger partial charge on any atom is 0.269 e. The van der Waals surface area contributed by atoms with Gasteiger partial charge in [-0.2, -0.15) is 0 Å². The Labute approximate surface area is 141 Å². The summed E-state index contributed by atoms with van der Waals surface area (Å²) in [4.78, 5) is 23.5. The summed E-state index contributed by atoms with van der Waals surface area (Å²) in [5.41, 5.74) is 6.45. The Morgan fingerprint density at radius 1 is 0.833 bits per heavy atom. The smallest absolute Gasteiger partial charge is 0.269 e. The molecule has 0 spiro atoms. The molecule has 24 heavy (non-hydrogen) atoms. The topological polar surface area (TPSA) is 78.4 Å². The number of carbonyl (C=O) groups is 2. The van der Waals surface area contributed by atoms with E-state index in [4.69, 9.17) is 5.11 Å². The van der Waals surface area contributed by atoms with Crippen molar-refractivity contribution in [2.75, 3.05) is 0 Å². The average molecular weight is 326 g/mol. The molecule has 2 aromatic carbocycles. The Morgan fingerprint density at radius 3 is 2.25 bits per heavy atom. The molecule has 0 aliphatic carbocycles. The Morgan fingerprint density at radius 2 is 1.54 bits per heavy atom. The highest BCUT2D eigenvalue weighted by Gasteiger charge is 2.07. The predicted octanol–water partition coefficient (Wildman–Crippen LogP) is 2.96. The van der Waals surface area contributed by atoms with Crippen LogP contribution in [0.4, 0.5) is 0 Å². The zero-order valence-corrected chi connectivity index (χ0v) is 13.5. The van der Waals surface area contributed by atoms with E-state index in [9.17, 15) is 9.59 Å². The molecule has 0 atom stereocenters. The van der Waals surface area contributed by atoms with Gasteiger partial charge in [-0.3, -0.25) is 20.4 Å². The van der Waals surface area contributed by atoms with E-state index < -0.39 is 5.91 Å². The van der Waals surface area contributed by atoms with Crippen molar-refractivity contribution in [2.45, 2.75) is 32.1 Å². The van der Waals surface area contributed by atoms with Gasteiger partial charge in [-0.1, -0.05) is 36.8 Å². The highest BCUT2D eigenvalue weighted by Crippen LogP contribution is 2.09. The van der Waals surface area contributed by atoms with Gasteiger partial charge in [0.1, 0.15) is 5.75 Å². The second-order valence-electron chi connectivity index (χ2n) is 5.60. The van der Waals surface area contributed by atoms with Gasteiger partial charge in [0.15, 0.2) is 0 Å². The lowest BCUT2D eigenvalue weighted by atomic mass is 10.1. The summed E-state index contributed by atoms with van der Waals surface area (Å²) in [6, 6.07) is 16.1. The predicted molar refractivity (Wildman–Crippen MR) is 92.3 cm³/mol. The van der Waals surface area contributed by atoms with Gasteiger partial charge in [-0.15, -0.1) is 0 Å². The SMILES string of the molecule is O=C(CCCCCc1ccccc1)NNC(=O)c1ccc(O)cc1. The molecule has 0 unspecified atom stereocenters. The van der Waals surface area contributed by atoms with Crippen LogP contribution in [-0.2, 0) is 11.2 Å². The van der Waals surface area contributed by atoms with Crippen LogP contribution in [0, 0.1) is 0 Å². The van der Waals surface area contributed by atoms with Crippen LogP contribution in [0.25, 0.3) is 0 Å². The van der Waals surface area contributed by atoms with E-state index in [1.54, 1.807) is 0 Å². The molecule has 0 aromatic heterocycles. The first-order valence-electron chi connectivity index (χ1n) is 8.07. The molecule has 0 bridgehead atoms. The second kappa shape index (κ2) is 9.35. The van der Waals surface area contributed by atoms with Gasteiger partial charge in [-0.25, -0.2) is 0 Å². The molecule has 2 amide bonds. The first kappa shape index (κ1) is 17.5. The number of rotatable bonds is 7. The molecule has 2 aromatic rings. The Bertz CT molecular complexity index is 654. The van der Waals surface area contributed by atoms with Crippen LogP contribution >= 0.6 is 0 Å². The van der Waals surface area contributed by atoms with Gasteiger partial charge in [0.2, 0.25) is 5.91 Å². The second-order valence-corrected chi connectivity index (χ2v) is 5.60. The number of phenols is 1. The molecule has 126 valence electrons. The third-order valence-electron chi connectivity index (χ3n) is 3.66. The third-order valence-corrected chi connectivity index (χ3v) is 3.66. The zero-order chi connectivity index (χ0) is 17.2. The van der Waals surface area contributed by atoms with E-state index in [-0.39, 0.29) is 11.7 Å². The van der Waals surface area contributed by atoms with Crippen LogP contribution in [0.2, 0.25) is 0 Å². The summed E-state index contributed by atoms with van der Waals surface area (Å²) >= 11 is 0. The minimum absolute atomic E-state index is 0.0890. The molecule has 3 N–H and O–H groups in total. The highest BCUT2D eigenvalue weighted by atomic mass is 16.3. The summed E-state index contributed by atoms with van der Waals surface area (Å²) in [6.45, 7) is 0. The van der Waals surface area contributed by atoms with Crippen LogP contribution in [0.1, 0.15) is 41.6 Å². The number of hydrazine groups is 1. The van der Waals surface area contributed by atoms with Crippen molar-refractivity contribution in [2.24, 2.45) is 0 Å². The zero-order valence-electron chi connectivity index (χ0n) is 13.5. The van der Waals surface area contributed by atoms with Crippen molar-refractivity contribution < 1.29 is 14.7 Å². The number of carbonyl (C=O) groups excluding carboxylic acids is 2. The van der Waals surface area contributed by atoms with Crippen molar-refractivity contribution in [3.05, 3.63) is 65.7 Å². The van der Waals surface area contributed by atoms with E-state index in [1.165, 1.54) is 29.8 Å². The van der Waals surface area contributed by atoms with Crippen LogP contribution in [0.15, 0.2) is 54.6 Å². The van der Waals surface area contributed by atoms with Crippen LogP contribution < -0.4 is 10.9 Å². The lowest BCUT2D eigenvalue weighted by Crippen LogP contribution is -2.41.